The Morgan fingerprint density at radius 3 is 2.86 bits per heavy atom. The zero-order valence-corrected chi connectivity index (χ0v) is 14.3. The van der Waals surface area contributed by atoms with E-state index in [1.54, 1.807) is 0 Å². The first-order chi connectivity index (χ1) is 10.2. The second kappa shape index (κ2) is 6.80. The summed E-state index contributed by atoms with van der Waals surface area (Å²) in [6.07, 6.45) is 8.35. The van der Waals surface area contributed by atoms with Crippen molar-refractivity contribution in [2.45, 2.75) is 69.9 Å². The van der Waals surface area contributed by atoms with E-state index in [9.17, 15) is 0 Å². The monoisotopic (exact) mass is 306 g/mol. The predicted octanol–water partition coefficient (Wildman–Crippen LogP) is 3.93. The van der Waals surface area contributed by atoms with Gasteiger partial charge in [-0.1, -0.05) is 32.8 Å². The summed E-state index contributed by atoms with van der Waals surface area (Å²) >= 11 is 1.89. The van der Waals surface area contributed by atoms with Crippen LogP contribution in [0.5, 0.6) is 0 Å². The lowest BCUT2D eigenvalue weighted by molar-refractivity contribution is 0.250. The number of piperidine rings is 1. The van der Waals surface area contributed by atoms with Crippen molar-refractivity contribution in [3.63, 3.8) is 0 Å². The first kappa shape index (κ1) is 15.5. The van der Waals surface area contributed by atoms with Crippen molar-refractivity contribution in [1.82, 2.24) is 10.6 Å². The molecule has 1 saturated heterocycles. The van der Waals surface area contributed by atoms with E-state index >= 15 is 0 Å². The second-order valence-electron chi connectivity index (χ2n) is 7.50. The molecule has 21 heavy (non-hydrogen) atoms. The lowest BCUT2D eigenvalue weighted by atomic mass is 9.86. The predicted molar refractivity (Wildman–Crippen MR) is 92.1 cm³/mol. The molecule has 2 aliphatic rings. The smallest absolute Gasteiger partial charge is 0.0115 e. The minimum atomic E-state index is 0.251. The molecule has 0 spiro atoms. The van der Waals surface area contributed by atoms with Gasteiger partial charge in [0.2, 0.25) is 0 Å². The maximum absolute atomic E-state index is 3.92. The van der Waals surface area contributed by atoms with Gasteiger partial charge in [-0.3, -0.25) is 0 Å². The van der Waals surface area contributed by atoms with Crippen LogP contribution in [0.1, 0.15) is 57.2 Å². The van der Waals surface area contributed by atoms with Gasteiger partial charge in [-0.15, -0.1) is 11.3 Å². The highest BCUT2D eigenvalue weighted by Crippen LogP contribution is 2.33. The van der Waals surface area contributed by atoms with Crippen molar-refractivity contribution < 1.29 is 0 Å². The van der Waals surface area contributed by atoms with Crippen molar-refractivity contribution in [2.75, 3.05) is 13.1 Å². The van der Waals surface area contributed by atoms with Gasteiger partial charge in [-0.2, -0.15) is 0 Å². The van der Waals surface area contributed by atoms with Crippen molar-refractivity contribution in [2.24, 2.45) is 5.92 Å². The van der Waals surface area contributed by atoms with E-state index in [0.717, 1.165) is 24.5 Å². The molecule has 2 heterocycles. The standard InChI is InChI=1S/C18H30N2S/c1-18(2,17-10-6-12-21-17)13-20-16-9-5-7-14(16)15-8-3-4-11-19-15/h6,10,12,14-16,19-20H,3-5,7-9,11,13H2,1-2H3. The summed E-state index contributed by atoms with van der Waals surface area (Å²) in [4.78, 5) is 1.50. The summed E-state index contributed by atoms with van der Waals surface area (Å²) in [5.74, 6) is 0.851. The minimum Gasteiger partial charge on any atom is -0.314 e. The number of nitrogens with one attached hydrogen (secondary N) is 2. The lowest BCUT2D eigenvalue weighted by Crippen LogP contribution is -2.48. The van der Waals surface area contributed by atoms with Gasteiger partial charge < -0.3 is 10.6 Å². The summed E-state index contributed by atoms with van der Waals surface area (Å²) in [6.45, 7) is 7.07. The Kier molecular flexibility index (Phi) is 5.03. The Morgan fingerprint density at radius 1 is 1.24 bits per heavy atom. The lowest BCUT2D eigenvalue weighted by Gasteiger charge is -2.35. The molecule has 1 aliphatic carbocycles. The molecule has 2 nitrogen and oxygen atoms in total. The SMILES string of the molecule is CC(C)(CNC1CCCC1C1CCCCN1)c1cccs1. The number of rotatable bonds is 5. The number of thiophene rings is 1. The Bertz CT molecular complexity index is 420. The van der Waals surface area contributed by atoms with E-state index in [1.807, 2.05) is 11.3 Å². The van der Waals surface area contributed by atoms with Gasteiger partial charge in [0, 0.05) is 28.9 Å². The van der Waals surface area contributed by atoms with Gasteiger partial charge in [0.1, 0.15) is 0 Å². The minimum absolute atomic E-state index is 0.251. The van der Waals surface area contributed by atoms with Crippen molar-refractivity contribution >= 4 is 11.3 Å². The average Bonchev–Trinajstić information content (AvgIpc) is 3.18. The average molecular weight is 307 g/mol. The second-order valence-corrected chi connectivity index (χ2v) is 8.45. The van der Waals surface area contributed by atoms with Crippen LogP contribution in [0.15, 0.2) is 17.5 Å². The molecule has 2 fully saturated rings. The molecule has 0 bridgehead atoms. The van der Waals surface area contributed by atoms with Crippen molar-refractivity contribution in [3.8, 4) is 0 Å². The summed E-state index contributed by atoms with van der Waals surface area (Å²) in [5, 5.41) is 9.90. The molecule has 0 aromatic carbocycles. The third-order valence-electron chi connectivity index (χ3n) is 5.43. The maximum Gasteiger partial charge on any atom is 0.0115 e. The van der Waals surface area contributed by atoms with E-state index in [4.69, 9.17) is 0 Å². The third kappa shape index (κ3) is 3.69. The van der Waals surface area contributed by atoms with Gasteiger partial charge in [0.15, 0.2) is 0 Å². The fourth-order valence-corrected chi connectivity index (χ4v) is 4.96. The first-order valence-corrected chi connectivity index (χ1v) is 9.55. The quantitative estimate of drug-likeness (QED) is 0.861. The molecule has 1 saturated carbocycles. The molecule has 1 aliphatic heterocycles. The highest BCUT2D eigenvalue weighted by molar-refractivity contribution is 7.10. The van der Waals surface area contributed by atoms with Crippen LogP contribution in [0, 0.1) is 5.92 Å². The molecular weight excluding hydrogens is 276 g/mol. The molecule has 3 unspecified atom stereocenters. The highest BCUT2D eigenvalue weighted by Gasteiger charge is 2.35. The fraction of sp³-hybridized carbons (Fsp3) is 0.778. The molecular formula is C18H30N2S. The van der Waals surface area contributed by atoms with Crippen LogP contribution in [-0.2, 0) is 5.41 Å². The zero-order chi connectivity index (χ0) is 14.7. The third-order valence-corrected chi connectivity index (χ3v) is 6.66. The normalized spacial score (nSPS) is 30.7. The summed E-state index contributed by atoms with van der Waals surface area (Å²) < 4.78 is 0. The van der Waals surface area contributed by atoms with E-state index in [1.165, 1.54) is 49.9 Å². The Labute approximate surface area is 133 Å². The molecule has 3 heteroatoms. The molecule has 3 rings (SSSR count). The fourth-order valence-electron chi connectivity index (χ4n) is 4.11. The van der Waals surface area contributed by atoms with Crippen molar-refractivity contribution in [3.05, 3.63) is 22.4 Å². The summed E-state index contributed by atoms with van der Waals surface area (Å²) in [5.41, 5.74) is 0.251. The summed E-state index contributed by atoms with van der Waals surface area (Å²) in [7, 11) is 0. The Balaban J connectivity index is 1.56. The van der Waals surface area contributed by atoms with Gasteiger partial charge in [-0.25, -0.2) is 0 Å². The molecule has 0 radical (unpaired) electrons. The number of hydrogen-bond acceptors (Lipinski definition) is 3. The summed E-state index contributed by atoms with van der Waals surface area (Å²) in [6, 6.07) is 5.94. The van der Waals surface area contributed by atoms with Crippen LogP contribution in [-0.4, -0.2) is 25.2 Å². The number of hydrogen-bond donors (Lipinski definition) is 2. The maximum atomic E-state index is 3.92. The van der Waals surface area contributed by atoms with Crippen LogP contribution in [0.25, 0.3) is 0 Å². The largest absolute Gasteiger partial charge is 0.314 e. The van der Waals surface area contributed by atoms with E-state index < -0.39 is 0 Å². The first-order valence-electron chi connectivity index (χ1n) is 8.67. The van der Waals surface area contributed by atoms with Crippen LogP contribution >= 0.6 is 11.3 Å². The van der Waals surface area contributed by atoms with Crippen LogP contribution in [0.4, 0.5) is 0 Å². The van der Waals surface area contributed by atoms with E-state index in [2.05, 4.69) is 42.0 Å². The Morgan fingerprint density at radius 2 is 2.14 bits per heavy atom. The molecule has 118 valence electrons. The van der Waals surface area contributed by atoms with Gasteiger partial charge in [0.05, 0.1) is 0 Å². The van der Waals surface area contributed by atoms with E-state index in [-0.39, 0.29) is 5.41 Å². The zero-order valence-electron chi connectivity index (χ0n) is 13.5. The van der Waals surface area contributed by atoms with E-state index in [0.29, 0.717) is 0 Å². The Hall–Kier alpha value is -0.380. The van der Waals surface area contributed by atoms with Gasteiger partial charge in [-0.05, 0) is 49.6 Å². The molecule has 1 aromatic heterocycles. The molecule has 1 aromatic rings. The molecule has 2 N–H and O–H groups in total. The highest BCUT2D eigenvalue weighted by atomic mass is 32.1. The van der Waals surface area contributed by atoms with Gasteiger partial charge in [0.25, 0.3) is 0 Å². The topological polar surface area (TPSA) is 24.1 Å². The molecule has 3 atom stereocenters. The molecule has 0 amide bonds. The van der Waals surface area contributed by atoms with Crippen LogP contribution in [0.2, 0.25) is 0 Å². The van der Waals surface area contributed by atoms with Crippen LogP contribution < -0.4 is 10.6 Å². The van der Waals surface area contributed by atoms with Gasteiger partial charge >= 0.3 is 0 Å². The van der Waals surface area contributed by atoms with Crippen LogP contribution in [0.3, 0.4) is 0 Å². The van der Waals surface area contributed by atoms with Crippen molar-refractivity contribution in [1.29, 1.82) is 0 Å².